The molecule has 1 rings (SSSR count). The van der Waals surface area contributed by atoms with Gasteiger partial charge >= 0.3 is 0 Å². The number of rotatable bonds is 4. The summed E-state index contributed by atoms with van der Waals surface area (Å²) >= 11 is 0. The lowest BCUT2D eigenvalue weighted by Gasteiger charge is -2.27. The first kappa shape index (κ1) is 14.0. The molecule has 98 valence electrons. The van der Waals surface area contributed by atoms with Gasteiger partial charge in [-0.1, -0.05) is 20.8 Å². The SMILES string of the molecule is CC(C)(C)CC(=O)NCCN1CCOCC1=O. The third kappa shape index (κ3) is 5.68. The highest BCUT2D eigenvalue weighted by Gasteiger charge is 2.19. The van der Waals surface area contributed by atoms with Gasteiger partial charge < -0.3 is 15.0 Å². The van der Waals surface area contributed by atoms with Crippen LogP contribution in [0.1, 0.15) is 27.2 Å². The molecule has 1 heterocycles. The largest absolute Gasteiger partial charge is 0.370 e. The molecule has 5 nitrogen and oxygen atoms in total. The molecule has 0 spiro atoms. The first-order valence-corrected chi connectivity index (χ1v) is 6.01. The highest BCUT2D eigenvalue weighted by atomic mass is 16.5. The van der Waals surface area contributed by atoms with Crippen LogP contribution in [-0.2, 0) is 14.3 Å². The van der Waals surface area contributed by atoms with Crippen molar-refractivity contribution in [3.05, 3.63) is 0 Å². The summed E-state index contributed by atoms with van der Waals surface area (Å²) in [6.07, 6.45) is 0.504. The molecule has 0 saturated carbocycles. The van der Waals surface area contributed by atoms with Crippen molar-refractivity contribution in [2.24, 2.45) is 5.41 Å². The van der Waals surface area contributed by atoms with Crippen molar-refractivity contribution in [1.29, 1.82) is 0 Å². The predicted molar refractivity (Wildman–Crippen MR) is 64.5 cm³/mol. The maximum absolute atomic E-state index is 11.5. The van der Waals surface area contributed by atoms with Gasteiger partial charge in [-0.3, -0.25) is 9.59 Å². The van der Waals surface area contributed by atoms with Gasteiger partial charge in [0.05, 0.1) is 6.61 Å². The first-order chi connectivity index (χ1) is 7.88. The normalized spacial score (nSPS) is 17.1. The molecule has 0 aromatic carbocycles. The Morgan fingerprint density at radius 3 is 2.76 bits per heavy atom. The van der Waals surface area contributed by atoms with E-state index < -0.39 is 0 Å². The van der Waals surface area contributed by atoms with Crippen molar-refractivity contribution in [1.82, 2.24) is 10.2 Å². The maximum Gasteiger partial charge on any atom is 0.248 e. The molecule has 1 saturated heterocycles. The Morgan fingerprint density at radius 2 is 2.18 bits per heavy atom. The quantitative estimate of drug-likeness (QED) is 0.776. The molecule has 0 unspecified atom stereocenters. The molecule has 1 N–H and O–H groups in total. The number of morpholine rings is 1. The second-order valence-corrected chi connectivity index (χ2v) is 5.52. The number of carbonyl (C=O) groups excluding carboxylic acids is 2. The minimum Gasteiger partial charge on any atom is -0.370 e. The van der Waals surface area contributed by atoms with Gasteiger partial charge in [0, 0.05) is 26.1 Å². The summed E-state index contributed by atoms with van der Waals surface area (Å²) in [4.78, 5) is 24.7. The van der Waals surface area contributed by atoms with Gasteiger partial charge in [-0.15, -0.1) is 0 Å². The summed E-state index contributed by atoms with van der Waals surface area (Å²) in [7, 11) is 0. The third-order valence-electron chi connectivity index (χ3n) is 2.48. The van der Waals surface area contributed by atoms with Gasteiger partial charge in [-0.2, -0.15) is 0 Å². The highest BCUT2D eigenvalue weighted by molar-refractivity contribution is 5.78. The molecule has 0 aromatic rings. The summed E-state index contributed by atoms with van der Waals surface area (Å²) < 4.78 is 5.03. The van der Waals surface area contributed by atoms with Crippen molar-refractivity contribution < 1.29 is 14.3 Å². The van der Waals surface area contributed by atoms with Crippen LogP contribution >= 0.6 is 0 Å². The number of hydrogen-bond donors (Lipinski definition) is 1. The van der Waals surface area contributed by atoms with Crippen LogP contribution in [-0.4, -0.2) is 49.6 Å². The molecule has 0 atom stereocenters. The number of nitrogens with zero attached hydrogens (tertiary/aromatic N) is 1. The van der Waals surface area contributed by atoms with Crippen LogP contribution in [0.3, 0.4) is 0 Å². The van der Waals surface area contributed by atoms with Crippen LogP contribution in [0.25, 0.3) is 0 Å². The Morgan fingerprint density at radius 1 is 1.47 bits per heavy atom. The van der Waals surface area contributed by atoms with Crippen LogP contribution in [0.4, 0.5) is 0 Å². The minimum absolute atomic E-state index is 0.00112. The van der Waals surface area contributed by atoms with Gasteiger partial charge in [0.1, 0.15) is 6.61 Å². The van der Waals surface area contributed by atoms with Crippen molar-refractivity contribution in [2.45, 2.75) is 27.2 Å². The molecule has 0 aromatic heterocycles. The molecule has 2 amide bonds. The Labute approximate surface area is 102 Å². The fourth-order valence-electron chi connectivity index (χ4n) is 1.66. The second kappa shape index (κ2) is 6.00. The van der Waals surface area contributed by atoms with E-state index in [2.05, 4.69) is 5.32 Å². The molecule has 0 radical (unpaired) electrons. The van der Waals surface area contributed by atoms with E-state index in [0.29, 0.717) is 32.7 Å². The summed E-state index contributed by atoms with van der Waals surface area (Å²) in [5.74, 6) is 0.0412. The van der Waals surface area contributed by atoms with E-state index in [9.17, 15) is 9.59 Å². The number of carbonyl (C=O) groups is 2. The monoisotopic (exact) mass is 242 g/mol. The third-order valence-corrected chi connectivity index (χ3v) is 2.48. The van der Waals surface area contributed by atoms with Crippen LogP contribution < -0.4 is 5.32 Å². The lowest BCUT2D eigenvalue weighted by atomic mass is 9.92. The number of nitrogens with one attached hydrogen (secondary N) is 1. The van der Waals surface area contributed by atoms with Crippen molar-refractivity contribution in [3.8, 4) is 0 Å². The Hall–Kier alpha value is -1.10. The smallest absolute Gasteiger partial charge is 0.248 e. The number of hydrogen-bond acceptors (Lipinski definition) is 3. The number of amides is 2. The molecular weight excluding hydrogens is 220 g/mol. The maximum atomic E-state index is 11.5. The van der Waals surface area contributed by atoms with Gasteiger partial charge in [-0.05, 0) is 5.41 Å². The second-order valence-electron chi connectivity index (χ2n) is 5.52. The van der Waals surface area contributed by atoms with Gasteiger partial charge in [0.25, 0.3) is 0 Å². The van der Waals surface area contributed by atoms with E-state index in [1.165, 1.54) is 0 Å². The van der Waals surface area contributed by atoms with Crippen LogP contribution in [0.5, 0.6) is 0 Å². The van der Waals surface area contributed by atoms with E-state index >= 15 is 0 Å². The summed E-state index contributed by atoms with van der Waals surface area (Å²) in [5.41, 5.74) is -0.00112. The molecule has 1 aliphatic heterocycles. The number of ether oxygens (including phenoxy) is 1. The van der Waals surface area contributed by atoms with Crippen molar-refractivity contribution in [3.63, 3.8) is 0 Å². The van der Waals surface area contributed by atoms with Gasteiger partial charge in [-0.25, -0.2) is 0 Å². The van der Waals surface area contributed by atoms with Gasteiger partial charge in [0.15, 0.2) is 0 Å². The summed E-state index contributed by atoms with van der Waals surface area (Å²) in [6, 6.07) is 0. The average molecular weight is 242 g/mol. The van der Waals surface area contributed by atoms with Crippen LogP contribution in [0.15, 0.2) is 0 Å². The van der Waals surface area contributed by atoms with E-state index in [-0.39, 0.29) is 23.8 Å². The molecule has 0 aliphatic carbocycles. The first-order valence-electron chi connectivity index (χ1n) is 6.01. The fourth-order valence-corrected chi connectivity index (χ4v) is 1.66. The average Bonchev–Trinajstić information content (AvgIpc) is 2.18. The topological polar surface area (TPSA) is 58.6 Å². The molecular formula is C12H22N2O3. The lowest BCUT2D eigenvalue weighted by molar-refractivity contribution is -0.142. The van der Waals surface area contributed by atoms with Crippen LogP contribution in [0, 0.1) is 5.41 Å². The molecule has 0 bridgehead atoms. The lowest BCUT2D eigenvalue weighted by Crippen LogP contribution is -2.45. The highest BCUT2D eigenvalue weighted by Crippen LogP contribution is 2.17. The van der Waals surface area contributed by atoms with E-state index in [1.807, 2.05) is 20.8 Å². The minimum atomic E-state index is -0.00112. The summed E-state index contributed by atoms with van der Waals surface area (Å²) in [5, 5.41) is 2.83. The Kier molecular flexibility index (Phi) is 4.93. The Balaban J connectivity index is 2.19. The zero-order chi connectivity index (χ0) is 12.9. The summed E-state index contributed by atoms with van der Waals surface area (Å²) in [6.45, 7) is 8.53. The predicted octanol–water partition coefficient (Wildman–Crippen LogP) is 0.398. The fraction of sp³-hybridized carbons (Fsp3) is 0.833. The standard InChI is InChI=1S/C12H22N2O3/c1-12(2,3)8-10(15)13-4-5-14-6-7-17-9-11(14)16/h4-9H2,1-3H3,(H,13,15). The van der Waals surface area contributed by atoms with Gasteiger partial charge in [0.2, 0.25) is 11.8 Å². The van der Waals surface area contributed by atoms with Crippen LogP contribution in [0.2, 0.25) is 0 Å². The van der Waals surface area contributed by atoms with Crippen molar-refractivity contribution in [2.75, 3.05) is 32.8 Å². The molecule has 5 heteroatoms. The zero-order valence-corrected chi connectivity index (χ0v) is 10.9. The van der Waals surface area contributed by atoms with E-state index in [4.69, 9.17) is 4.74 Å². The molecule has 1 aliphatic rings. The molecule has 1 fully saturated rings. The van der Waals surface area contributed by atoms with Crippen molar-refractivity contribution >= 4 is 11.8 Å². The zero-order valence-electron chi connectivity index (χ0n) is 10.9. The Bertz CT molecular complexity index is 284. The molecule has 17 heavy (non-hydrogen) atoms. The van der Waals surface area contributed by atoms with E-state index in [0.717, 1.165) is 0 Å². The van der Waals surface area contributed by atoms with E-state index in [1.54, 1.807) is 4.90 Å².